The summed E-state index contributed by atoms with van der Waals surface area (Å²) in [5, 5.41) is 10.3. The van der Waals surface area contributed by atoms with Crippen LogP contribution in [-0.2, 0) is 11.3 Å². The van der Waals surface area contributed by atoms with Gasteiger partial charge in [-0.3, -0.25) is 9.48 Å². The number of aromatic nitrogens is 3. The van der Waals surface area contributed by atoms with Crippen molar-refractivity contribution in [3.05, 3.63) is 36.7 Å². The highest BCUT2D eigenvalue weighted by Crippen LogP contribution is 2.17. The van der Waals surface area contributed by atoms with Gasteiger partial charge in [-0.1, -0.05) is 11.3 Å². The van der Waals surface area contributed by atoms with E-state index in [0.29, 0.717) is 37.6 Å². The van der Waals surface area contributed by atoms with Crippen LogP contribution in [0.2, 0.25) is 0 Å². The molecule has 0 radical (unpaired) electrons. The van der Waals surface area contributed by atoms with Crippen molar-refractivity contribution in [2.75, 3.05) is 18.5 Å². The zero-order valence-corrected chi connectivity index (χ0v) is 11.0. The van der Waals surface area contributed by atoms with Gasteiger partial charge in [0, 0.05) is 30.9 Å². The van der Waals surface area contributed by atoms with Crippen LogP contribution in [0.1, 0.15) is 6.42 Å². The summed E-state index contributed by atoms with van der Waals surface area (Å²) in [6.07, 6.45) is 3.63. The van der Waals surface area contributed by atoms with E-state index in [1.54, 1.807) is 23.1 Å². The molecule has 2 aromatic rings. The van der Waals surface area contributed by atoms with Crippen LogP contribution in [0.25, 0.3) is 0 Å². The Labute approximate surface area is 116 Å². The van der Waals surface area contributed by atoms with Gasteiger partial charge in [0.15, 0.2) is 0 Å². The number of hydrogen-bond donors (Lipinski definition) is 2. The fraction of sp³-hybridized carbons (Fsp3) is 0.308. The van der Waals surface area contributed by atoms with E-state index in [1.807, 2.05) is 18.2 Å². The molecule has 1 heterocycles. The first kappa shape index (κ1) is 14.0. The van der Waals surface area contributed by atoms with Gasteiger partial charge < -0.3 is 15.8 Å². The molecule has 7 heteroatoms. The third-order valence-electron chi connectivity index (χ3n) is 2.54. The monoisotopic (exact) mass is 275 g/mol. The number of aryl methyl sites for hydroxylation is 1. The molecule has 2 rings (SSSR count). The van der Waals surface area contributed by atoms with Crippen LogP contribution in [0.3, 0.4) is 0 Å². The second-order valence-corrected chi connectivity index (χ2v) is 4.13. The lowest BCUT2D eigenvalue weighted by Crippen LogP contribution is -2.15. The molecule has 3 N–H and O–H groups in total. The first-order chi connectivity index (χ1) is 9.78. The number of nitrogens with zero attached hydrogens (tertiary/aromatic N) is 3. The maximum Gasteiger partial charge on any atom is 0.226 e. The number of carbonyl (C=O) groups is 1. The Hall–Kier alpha value is -2.41. The van der Waals surface area contributed by atoms with Crippen LogP contribution in [0.5, 0.6) is 5.75 Å². The predicted molar refractivity (Wildman–Crippen MR) is 74.3 cm³/mol. The molecule has 0 fully saturated rings. The van der Waals surface area contributed by atoms with E-state index in [9.17, 15) is 4.79 Å². The topological polar surface area (TPSA) is 95.1 Å². The van der Waals surface area contributed by atoms with Gasteiger partial charge >= 0.3 is 0 Å². The first-order valence-electron chi connectivity index (χ1n) is 6.35. The predicted octanol–water partition coefficient (Wildman–Crippen LogP) is 0.644. The third-order valence-corrected chi connectivity index (χ3v) is 2.54. The van der Waals surface area contributed by atoms with Gasteiger partial charge in [0.2, 0.25) is 5.91 Å². The Balaban J connectivity index is 1.84. The number of carbonyl (C=O) groups excluding carboxylic acids is 1. The van der Waals surface area contributed by atoms with Gasteiger partial charge in [-0.15, -0.1) is 5.10 Å². The number of benzene rings is 1. The van der Waals surface area contributed by atoms with Crippen LogP contribution in [0.4, 0.5) is 5.69 Å². The van der Waals surface area contributed by atoms with E-state index in [-0.39, 0.29) is 5.91 Å². The van der Waals surface area contributed by atoms with Crippen molar-refractivity contribution >= 4 is 11.6 Å². The summed E-state index contributed by atoms with van der Waals surface area (Å²) in [6.45, 7) is 1.40. The molecule has 1 aromatic carbocycles. The minimum absolute atomic E-state index is 0.0866. The molecule has 7 nitrogen and oxygen atoms in total. The van der Waals surface area contributed by atoms with Crippen molar-refractivity contribution in [2.45, 2.75) is 13.0 Å². The third kappa shape index (κ3) is 4.36. The van der Waals surface area contributed by atoms with E-state index in [1.165, 1.54) is 0 Å². The van der Waals surface area contributed by atoms with Gasteiger partial charge in [-0.25, -0.2) is 0 Å². The molecule has 0 spiro atoms. The molecule has 0 aliphatic rings. The lowest BCUT2D eigenvalue weighted by molar-refractivity contribution is -0.116. The van der Waals surface area contributed by atoms with Crippen molar-refractivity contribution in [1.29, 1.82) is 0 Å². The largest absolute Gasteiger partial charge is 0.492 e. The summed E-state index contributed by atoms with van der Waals surface area (Å²) >= 11 is 0. The molecule has 1 aromatic heterocycles. The first-order valence-corrected chi connectivity index (χ1v) is 6.35. The molecular weight excluding hydrogens is 258 g/mol. The zero-order valence-electron chi connectivity index (χ0n) is 11.0. The fourth-order valence-electron chi connectivity index (χ4n) is 1.63. The van der Waals surface area contributed by atoms with Crippen molar-refractivity contribution in [1.82, 2.24) is 15.0 Å². The summed E-state index contributed by atoms with van der Waals surface area (Å²) in [7, 11) is 0. The van der Waals surface area contributed by atoms with Gasteiger partial charge in [0.25, 0.3) is 0 Å². The van der Waals surface area contributed by atoms with Crippen molar-refractivity contribution in [2.24, 2.45) is 5.73 Å². The number of nitrogens with one attached hydrogen (secondary N) is 1. The smallest absolute Gasteiger partial charge is 0.226 e. The summed E-state index contributed by atoms with van der Waals surface area (Å²) in [4.78, 5) is 11.8. The van der Waals surface area contributed by atoms with Crippen LogP contribution in [-0.4, -0.2) is 34.1 Å². The molecule has 0 saturated carbocycles. The molecule has 0 bridgehead atoms. The van der Waals surface area contributed by atoms with Crippen molar-refractivity contribution in [3.63, 3.8) is 0 Å². The minimum atomic E-state index is -0.0866. The number of ether oxygens (including phenoxy) is 1. The molecular formula is C13H17N5O2. The van der Waals surface area contributed by atoms with Gasteiger partial charge in [-0.2, -0.15) is 0 Å². The minimum Gasteiger partial charge on any atom is -0.492 e. The Morgan fingerprint density at radius 3 is 3.10 bits per heavy atom. The molecule has 106 valence electrons. The molecule has 0 saturated heterocycles. The highest BCUT2D eigenvalue weighted by Gasteiger charge is 2.04. The second kappa shape index (κ2) is 7.25. The average Bonchev–Trinajstić information content (AvgIpc) is 2.97. The van der Waals surface area contributed by atoms with Crippen molar-refractivity contribution < 1.29 is 9.53 Å². The van der Waals surface area contributed by atoms with Gasteiger partial charge in [0.1, 0.15) is 12.4 Å². The number of nitrogens with two attached hydrogens (primary N) is 1. The molecule has 1 amide bonds. The summed E-state index contributed by atoms with van der Waals surface area (Å²) < 4.78 is 7.01. The summed E-state index contributed by atoms with van der Waals surface area (Å²) in [5.74, 6) is 0.598. The zero-order chi connectivity index (χ0) is 14.2. The average molecular weight is 275 g/mol. The number of amides is 1. The SMILES string of the molecule is NCCOc1cccc(NC(=O)CCn2ccnn2)c1. The fourth-order valence-corrected chi connectivity index (χ4v) is 1.63. The lowest BCUT2D eigenvalue weighted by atomic mass is 10.3. The highest BCUT2D eigenvalue weighted by atomic mass is 16.5. The van der Waals surface area contributed by atoms with Gasteiger partial charge in [0.05, 0.1) is 12.7 Å². The van der Waals surface area contributed by atoms with E-state index in [2.05, 4.69) is 15.6 Å². The van der Waals surface area contributed by atoms with Crippen molar-refractivity contribution in [3.8, 4) is 5.75 Å². The highest BCUT2D eigenvalue weighted by molar-refractivity contribution is 5.90. The number of rotatable bonds is 7. The summed E-state index contributed by atoms with van der Waals surface area (Å²) in [5.41, 5.74) is 6.07. The number of hydrogen-bond acceptors (Lipinski definition) is 5. The van der Waals surface area contributed by atoms with Crippen LogP contribution in [0, 0.1) is 0 Å². The standard InChI is InChI=1S/C13H17N5O2/c14-5-9-20-12-3-1-2-11(10-12)16-13(19)4-7-18-8-6-15-17-18/h1-3,6,8,10H,4-5,7,9,14H2,(H,16,19). The van der Waals surface area contributed by atoms with Crippen LogP contribution >= 0.6 is 0 Å². The Bertz CT molecular complexity index is 541. The molecule has 0 aliphatic carbocycles. The molecule has 0 unspecified atom stereocenters. The van der Waals surface area contributed by atoms with Gasteiger partial charge in [-0.05, 0) is 12.1 Å². The lowest BCUT2D eigenvalue weighted by Gasteiger charge is -2.08. The maximum atomic E-state index is 11.8. The van der Waals surface area contributed by atoms with E-state index >= 15 is 0 Å². The van der Waals surface area contributed by atoms with E-state index in [4.69, 9.17) is 10.5 Å². The Morgan fingerprint density at radius 1 is 1.45 bits per heavy atom. The van der Waals surface area contributed by atoms with Crippen LogP contribution < -0.4 is 15.8 Å². The van der Waals surface area contributed by atoms with Crippen LogP contribution in [0.15, 0.2) is 36.7 Å². The Morgan fingerprint density at radius 2 is 2.35 bits per heavy atom. The maximum absolute atomic E-state index is 11.8. The second-order valence-electron chi connectivity index (χ2n) is 4.13. The quantitative estimate of drug-likeness (QED) is 0.773. The summed E-state index contributed by atoms with van der Waals surface area (Å²) in [6, 6.07) is 7.21. The molecule has 0 atom stereocenters. The Kier molecular flexibility index (Phi) is 5.08. The molecule has 0 aliphatic heterocycles. The number of anilines is 1. The van der Waals surface area contributed by atoms with E-state index < -0.39 is 0 Å². The normalized spacial score (nSPS) is 10.2. The molecule has 20 heavy (non-hydrogen) atoms. The van der Waals surface area contributed by atoms with E-state index in [0.717, 1.165) is 0 Å².